The Morgan fingerprint density at radius 2 is 1.12 bits per heavy atom. The molecule has 6 heteroatoms. The molecule has 2 N–H and O–H groups in total. The van der Waals surface area contributed by atoms with E-state index in [0.717, 1.165) is 0 Å². The van der Waals surface area contributed by atoms with Gasteiger partial charge in [0.25, 0.3) is 0 Å². The maximum absolute atomic E-state index is 7.62. The van der Waals surface area contributed by atoms with Gasteiger partial charge in [0.2, 0.25) is 0 Å². The Hall–Kier alpha value is 1.89. The van der Waals surface area contributed by atoms with Crippen molar-refractivity contribution in [2.24, 2.45) is 0 Å². The molecule has 0 aromatic carbocycles. The molecule has 2 nitrogen and oxygen atoms in total. The van der Waals surface area contributed by atoms with Crippen LogP contribution in [-0.2, 0) is 23.3 Å². The van der Waals surface area contributed by atoms with E-state index in [-0.39, 0.29) is 13.2 Å². The van der Waals surface area contributed by atoms with Crippen molar-refractivity contribution < 1.29 is 33.5 Å². The fraction of sp³-hybridized carbons (Fsp3) is 1.00. The molecule has 0 fully saturated rings. The summed E-state index contributed by atoms with van der Waals surface area (Å²) in [5.41, 5.74) is 0. The average molecular weight is 257 g/mol. The van der Waals surface area contributed by atoms with Crippen LogP contribution in [0.2, 0.25) is 0 Å². The van der Waals surface area contributed by atoms with Crippen LogP contribution in [0.1, 0.15) is 0 Å². The van der Waals surface area contributed by atoms with Crippen LogP contribution < -0.4 is 0 Å². The number of hydrogen-bond acceptors (Lipinski definition) is 2. The van der Waals surface area contributed by atoms with Crippen LogP contribution in [0, 0.1) is 0 Å². The van der Waals surface area contributed by atoms with Crippen LogP contribution in [0.25, 0.3) is 0 Å². The Kier molecular flexibility index (Phi) is 18.3. The number of aliphatic hydroxyl groups is 2. The minimum atomic E-state index is -2.22. The first kappa shape index (κ1) is 12.6. The fourth-order valence-corrected chi connectivity index (χ4v) is 0. The Morgan fingerprint density at radius 1 is 1.00 bits per heavy atom. The van der Waals surface area contributed by atoms with Crippen molar-refractivity contribution in [2.45, 2.75) is 0 Å². The fourth-order valence-electron chi connectivity index (χ4n) is 0. The average Bonchev–Trinajstić information content (AvgIpc) is 1.65. The van der Waals surface area contributed by atoms with Crippen LogP contribution >= 0.6 is 22.0 Å². The third-order valence-corrected chi connectivity index (χ3v) is 0.1000. The van der Waals surface area contributed by atoms with Crippen molar-refractivity contribution >= 4 is 22.0 Å². The van der Waals surface area contributed by atoms with Gasteiger partial charge in [-0.15, -0.1) is 0 Å². The Bertz CT molecular complexity index is 31.7. The van der Waals surface area contributed by atoms with Crippen molar-refractivity contribution in [3.8, 4) is 0 Å². The van der Waals surface area contributed by atoms with Gasteiger partial charge in [0.15, 0.2) is 0 Å². The zero-order valence-electron chi connectivity index (χ0n) is 4.02. The van der Waals surface area contributed by atoms with Gasteiger partial charge in [0.1, 0.15) is 0 Å². The van der Waals surface area contributed by atoms with Gasteiger partial charge >= 0.3 is 45.3 Å². The van der Waals surface area contributed by atoms with Crippen LogP contribution in [0.3, 0.4) is 0 Å². The maximum atomic E-state index is 7.62. The molecular weight excluding hydrogens is 251 g/mol. The second-order valence-corrected chi connectivity index (χ2v) is 13.6. The molecular formula is C2H6Cl3O2Y. The second kappa shape index (κ2) is 11.7. The molecule has 0 aliphatic rings. The van der Waals surface area contributed by atoms with E-state index in [1.54, 1.807) is 0 Å². The van der Waals surface area contributed by atoms with Crippen molar-refractivity contribution in [1.29, 1.82) is 0 Å². The molecule has 0 rings (SSSR count). The van der Waals surface area contributed by atoms with Gasteiger partial charge in [-0.2, -0.15) is 0 Å². The molecule has 0 aromatic heterocycles. The van der Waals surface area contributed by atoms with Crippen LogP contribution in [0.4, 0.5) is 0 Å². The van der Waals surface area contributed by atoms with E-state index in [0.29, 0.717) is 0 Å². The minimum absolute atomic E-state index is 0.125. The van der Waals surface area contributed by atoms with E-state index < -0.39 is 23.3 Å². The normalized spacial score (nSPS) is 7.12. The first-order valence-corrected chi connectivity index (χ1v) is 12.8. The summed E-state index contributed by atoms with van der Waals surface area (Å²) in [5, 5.41) is 15.2. The Labute approximate surface area is 67.9 Å². The summed E-state index contributed by atoms with van der Waals surface area (Å²) in [6, 6.07) is 0. The predicted molar refractivity (Wildman–Crippen MR) is 31.7 cm³/mol. The molecule has 0 radical (unpaired) electrons. The molecule has 0 aliphatic heterocycles. The molecule has 0 amide bonds. The number of rotatable bonds is 1. The molecule has 0 unspecified atom stereocenters. The molecule has 0 aliphatic carbocycles. The molecule has 0 aromatic rings. The van der Waals surface area contributed by atoms with E-state index in [9.17, 15) is 0 Å². The molecule has 0 bridgehead atoms. The summed E-state index contributed by atoms with van der Waals surface area (Å²) in [7, 11) is 15.0. The van der Waals surface area contributed by atoms with Crippen molar-refractivity contribution in [3.63, 3.8) is 0 Å². The number of halogens is 3. The first-order valence-electron chi connectivity index (χ1n) is 1.79. The summed E-state index contributed by atoms with van der Waals surface area (Å²) >= 11 is -2.22. The van der Waals surface area contributed by atoms with Gasteiger partial charge in [-0.3, -0.25) is 0 Å². The molecule has 0 heterocycles. The standard InChI is InChI=1S/C2H6O2.3ClH.Y/c3-1-2-4;;;;/h3-4H,1-2H2;3*1H;/q;;;;+3/p-3. The quantitative estimate of drug-likeness (QED) is 0.737. The number of aliphatic hydroxyl groups excluding tert-OH is 2. The first-order chi connectivity index (χ1) is 3.65. The van der Waals surface area contributed by atoms with Crippen LogP contribution in [-0.4, -0.2) is 23.4 Å². The Morgan fingerprint density at radius 3 is 1.12 bits per heavy atom. The third-order valence-electron chi connectivity index (χ3n) is 0.1000. The topological polar surface area (TPSA) is 40.5 Å². The predicted octanol–water partition coefficient (Wildman–Crippen LogP) is 1.04. The molecule has 0 atom stereocenters. The monoisotopic (exact) mass is 256 g/mol. The number of hydrogen-bond donors (Lipinski definition) is 2. The van der Waals surface area contributed by atoms with Crippen molar-refractivity contribution in [1.82, 2.24) is 0 Å². The van der Waals surface area contributed by atoms with Gasteiger partial charge in [0, 0.05) is 0 Å². The van der Waals surface area contributed by atoms with Gasteiger partial charge in [-0.25, -0.2) is 0 Å². The summed E-state index contributed by atoms with van der Waals surface area (Å²) in [6.07, 6.45) is 0. The Balaban J connectivity index is 0. The summed E-state index contributed by atoms with van der Waals surface area (Å²) in [5.74, 6) is 0. The summed E-state index contributed by atoms with van der Waals surface area (Å²) in [4.78, 5) is 0. The van der Waals surface area contributed by atoms with Gasteiger partial charge in [0.05, 0.1) is 13.2 Å². The third kappa shape index (κ3) is 44.8. The van der Waals surface area contributed by atoms with Crippen LogP contribution in [0.15, 0.2) is 0 Å². The van der Waals surface area contributed by atoms with E-state index in [2.05, 4.69) is 0 Å². The van der Waals surface area contributed by atoms with Crippen LogP contribution in [0.5, 0.6) is 0 Å². The summed E-state index contributed by atoms with van der Waals surface area (Å²) < 4.78 is 0. The van der Waals surface area contributed by atoms with Gasteiger partial charge in [-0.05, 0) is 0 Å². The van der Waals surface area contributed by atoms with E-state index in [1.807, 2.05) is 0 Å². The molecule has 50 valence electrons. The van der Waals surface area contributed by atoms with Gasteiger partial charge < -0.3 is 10.2 Å². The molecule has 8 heavy (non-hydrogen) atoms. The van der Waals surface area contributed by atoms with Gasteiger partial charge in [-0.1, -0.05) is 0 Å². The SMILES string of the molecule is OCCO.[Cl][Y]([Cl])[Cl]. The molecule has 0 saturated heterocycles. The van der Waals surface area contributed by atoms with E-state index in [1.165, 1.54) is 0 Å². The zero-order valence-corrected chi connectivity index (χ0v) is 9.13. The van der Waals surface area contributed by atoms with Crippen molar-refractivity contribution in [2.75, 3.05) is 13.2 Å². The zero-order chi connectivity index (χ0) is 6.99. The van der Waals surface area contributed by atoms with E-state index >= 15 is 0 Å². The van der Waals surface area contributed by atoms with Crippen molar-refractivity contribution in [3.05, 3.63) is 0 Å². The molecule has 0 saturated carbocycles. The molecule has 0 spiro atoms. The summed E-state index contributed by atoms with van der Waals surface area (Å²) in [6.45, 7) is -0.250. The van der Waals surface area contributed by atoms with E-state index in [4.69, 9.17) is 32.2 Å². The second-order valence-electron chi connectivity index (χ2n) is 0.695.